The van der Waals surface area contributed by atoms with E-state index >= 15 is 0 Å². The van der Waals surface area contributed by atoms with Gasteiger partial charge in [0.1, 0.15) is 0 Å². The van der Waals surface area contributed by atoms with Crippen LogP contribution in [0.1, 0.15) is 44.7 Å². The van der Waals surface area contributed by atoms with Crippen LogP contribution in [0, 0.1) is 5.92 Å². The molecule has 0 aliphatic rings. The highest BCUT2D eigenvalue weighted by atomic mass is 14.8. The number of aryl methyl sites for hydroxylation is 1. The van der Waals surface area contributed by atoms with Crippen LogP contribution in [0.4, 0.5) is 0 Å². The van der Waals surface area contributed by atoms with Gasteiger partial charge < -0.3 is 5.32 Å². The van der Waals surface area contributed by atoms with Crippen LogP contribution in [-0.2, 0) is 12.8 Å². The van der Waals surface area contributed by atoms with E-state index in [4.69, 9.17) is 0 Å². The zero-order valence-electron chi connectivity index (χ0n) is 11.6. The van der Waals surface area contributed by atoms with E-state index in [0.29, 0.717) is 0 Å². The van der Waals surface area contributed by atoms with Crippen LogP contribution in [0.15, 0.2) is 24.3 Å². The molecule has 1 nitrogen and oxygen atoms in total. The van der Waals surface area contributed by atoms with Crippen molar-refractivity contribution in [3.63, 3.8) is 0 Å². The lowest BCUT2D eigenvalue weighted by Crippen LogP contribution is -2.24. The second-order valence-electron chi connectivity index (χ2n) is 4.85. The SMILES string of the molecule is CCCNCC(CC)Cc1ccc(CC)cc1. The zero-order valence-corrected chi connectivity index (χ0v) is 11.6. The maximum atomic E-state index is 3.53. The van der Waals surface area contributed by atoms with Gasteiger partial charge in [-0.1, -0.05) is 51.5 Å². The maximum absolute atomic E-state index is 3.53. The largest absolute Gasteiger partial charge is 0.316 e. The standard InChI is InChI=1S/C16H27N/c1-4-11-17-13-15(6-3)12-16-9-7-14(5-2)8-10-16/h7-10,15,17H,4-6,11-13H2,1-3H3. The van der Waals surface area contributed by atoms with Crippen LogP contribution in [0.5, 0.6) is 0 Å². The van der Waals surface area contributed by atoms with Crippen molar-refractivity contribution in [3.8, 4) is 0 Å². The van der Waals surface area contributed by atoms with Gasteiger partial charge in [0, 0.05) is 0 Å². The molecule has 0 saturated heterocycles. The van der Waals surface area contributed by atoms with Crippen molar-refractivity contribution in [3.05, 3.63) is 35.4 Å². The Bertz CT molecular complexity index is 289. The van der Waals surface area contributed by atoms with Gasteiger partial charge >= 0.3 is 0 Å². The normalized spacial score (nSPS) is 12.6. The summed E-state index contributed by atoms with van der Waals surface area (Å²) in [6, 6.07) is 9.12. The molecule has 0 amide bonds. The molecule has 0 aliphatic carbocycles. The molecule has 1 atom stereocenters. The molecular weight excluding hydrogens is 206 g/mol. The molecule has 0 aromatic heterocycles. The number of hydrogen-bond acceptors (Lipinski definition) is 1. The molecule has 0 fully saturated rings. The minimum Gasteiger partial charge on any atom is -0.316 e. The van der Waals surface area contributed by atoms with Crippen LogP contribution in [0.2, 0.25) is 0 Å². The lowest BCUT2D eigenvalue weighted by Gasteiger charge is -2.15. The predicted molar refractivity (Wildman–Crippen MR) is 76.5 cm³/mol. The van der Waals surface area contributed by atoms with E-state index in [1.165, 1.54) is 30.4 Å². The van der Waals surface area contributed by atoms with E-state index in [9.17, 15) is 0 Å². The summed E-state index contributed by atoms with van der Waals surface area (Å²) in [6.45, 7) is 9.01. The average Bonchev–Trinajstić information content (AvgIpc) is 2.38. The van der Waals surface area contributed by atoms with Gasteiger partial charge in [0.2, 0.25) is 0 Å². The average molecular weight is 233 g/mol. The summed E-state index contributed by atoms with van der Waals surface area (Å²) in [5.41, 5.74) is 2.92. The Hall–Kier alpha value is -0.820. The Kier molecular flexibility index (Phi) is 6.95. The number of rotatable bonds is 8. The lowest BCUT2D eigenvalue weighted by molar-refractivity contribution is 0.460. The quantitative estimate of drug-likeness (QED) is 0.673. The summed E-state index contributed by atoms with van der Waals surface area (Å²) in [7, 11) is 0. The molecule has 0 spiro atoms. The molecule has 1 aromatic rings. The van der Waals surface area contributed by atoms with Crippen LogP contribution in [0.3, 0.4) is 0 Å². The molecule has 0 heterocycles. The van der Waals surface area contributed by atoms with Crippen molar-refractivity contribution in [2.24, 2.45) is 5.92 Å². The first kappa shape index (κ1) is 14.2. The van der Waals surface area contributed by atoms with Crippen molar-refractivity contribution in [2.75, 3.05) is 13.1 Å². The first-order valence-electron chi connectivity index (χ1n) is 7.08. The number of nitrogens with one attached hydrogen (secondary N) is 1. The lowest BCUT2D eigenvalue weighted by atomic mass is 9.96. The van der Waals surface area contributed by atoms with E-state index in [2.05, 4.69) is 50.4 Å². The van der Waals surface area contributed by atoms with Gasteiger partial charge in [-0.25, -0.2) is 0 Å². The van der Waals surface area contributed by atoms with E-state index < -0.39 is 0 Å². The van der Waals surface area contributed by atoms with Crippen LogP contribution >= 0.6 is 0 Å². The molecule has 1 rings (SSSR count). The van der Waals surface area contributed by atoms with Gasteiger partial charge in [-0.2, -0.15) is 0 Å². The maximum Gasteiger partial charge on any atom is -0.00174 e. The zero-order chi connectivity index (χ0) is 12.5. The van der Waals surface area contributed by atoms with Crippen molar-refractivity contribution >= 4 is 0 Å². The summed E-state index contributed by atoms with van der Waals surface area (Å²) in [5, 5.41) is 3.53. The van der Waals surface area contributed by atoms with E-state index in [1.54, 1.807) is 0 Å². The summed E-state index contributed by atoms with van der Waals surface area (Å²) in [4.78, 5) is 0. The Morgan fingerprint density at radius 3 is 2.18 bits per heavy atom. The van der Waals surface area contributed by atoms with Crippen molar-refractivity contribution < 1.29 is 0 Å². The molecule has 1 heteroatoms. The highest BCUT2D eigenvalue weighted by Gasteiger charge is 2.06. The summed E-state index contributed by atoms with van der Waals surface area (Å²) in [5.74, 6) is 0.772. The Labute approximate surface area is 107 Å². The molecule has 96 valence electrons. The monoisotopic (exact) mass is 233 g/mol. The molecule has 0 saturated carbocycles. The van der Waals surface area contributed by atoms with Gasteiger partial charge in [-0.15, -0.1) is 0 Å². The van der Waals surface area contributed by atoms with Gasteiger partial charge in [0.15, 0.2) is 0 Å². The van der Waals surface area contributed by atoms with Crippen LogP contribution < -0.4 is 5.32 Å². The van der Waals surface area contributed by atoms with Gasteiger partial charge in [0.05, 0.1) is 0 Å². The minimum absolute atomic E-state index is 0.772. The third-order valence-corrected chi connectivity index (χ3v) is 3.39. The second kappa shape index (κ2) is 8.30. The molecule has 1 N–H and O–H groups in total. The van der Waals surface area contributed by atoms with Crippen molar-refractivity contribution in [1.29, 1.82) is 0 Å². The topological polar surface area (TPSA) is 12.0 Å². The first-order chi connectivity index (χ1) is 8.30. The minimum atomic E-state index is 0.772. The highest BCUT2D eigenvalue weighted by molar-refractivity contribution is 5.22. The number of benzene rings is 1. The molecule has 0 bridgehead atoms. The van der Waals surface area contributed by atoms with E-state index in [0.717, 1.165) is 25.4 Å². The van der Waals surface area contributed by atoms with Crippen molar-refractivity contribution in [1.82, 2.24) is 5.32 Å². The molecule has 1 aromatic carbocycles. The molecule has 0 aliphatic heterocycles. The Morgan fingerprint density at radius 1 is 1.00 bits per heavy atom. The van der Waals surface area contributed by atoms with Gasteiger partial charge in [-0.05, 0) is 49.4 Å². The van der Waals surface area contributed by atoms with Crippen molar-refractivity contribution in [2.45, 2.75) is 46.5 Å². The van der Waals surface area contributed by atoms with Crippen LogP contribution in [-0.4, -0.2) is 13.1 Å². The molecule has 0 radical (unpaired) electrons. The summed E-state index contributed by atoms with van der Waals surface area (Å²) >= 11 is 0. The number of hydrogen-bond donors (Lipinski definition) is 1. The Balaban J connectivity index is 2.43. The fourth-order valence-corrected chi connectivity index (χ4v) is 2.09. The van der Waals surface area contributed by atoms with E-state index in [-0.39, 0.29) is 0 Å². The smallest absolute Gasteiger partial charge is 0.00174 e. The third-order valence-electron chi connectivity index (χ3n) is 3.39. The molecular formula is C16H27N. The van der Waals surface area contributed by atoms with Gasteiger partial charge in [0.25, 0.3) is 0 Å². The fraction of sp³-hybridized carbons (Fsp3) is 0.625. The fourth-order valence-electron chi connectivity index (χ4n) is 2.09. The predicted octanol–water partition coefficient (Wildman–Crippen LogP) is 3.82. The highest BCUT2D eigenvalue weighted by Crippen LogP contribution is 2.13. The van der Waals surface area contributed by atoms with Gasteiger partial charge in [-0.3, -0.25) is 0 Å². The van der Waals surface area contributed by atoms with Crippen LogP contribution in [0.25, 0.3) is 0 Å². The van der Waals surface area contributed by atoms with E-state index in [1.807, 2.05) is 0 Å². The summed E-state index contributed by atoms with van der Waals surface area (Å²) < 4.78 is 0. The Morgan fingerprint density at radius 2 is 1.65 bits per heavy atom. The summed E-state index contributed by atoms with van der Waals surface area (Å²) in [6.07, 6.45) is 4.82. The first-order valence-corrected chi connectivity index (χ1v) is 7.08. The second-order valence-corrected chi connectivity index (χ2v) is 4.85. The molecule has 1 unspecified atom stereocenters. The third kappa shape index (κ3) is 5.36. The molecule has 17 heavy (non-hydrogen) atoms.